The molecule has 0 aliphatic carbocycles. The van der Waals surface area contributed by atoms with Crippen molar-refractivity contribution in [2.75, 3.05) is 26.2 Å². The van der Waals surface area contributed by atoms with Crippen LogP contribution in [0.5, 0.6) is 0 Å². The first-order valence-electron chi connectivity index (χ1n) is 4.00. The lowest BCUT2D eigenvalue weighted by molar-refractivity contribution is -0.136. The monoisotopic (exact) mass is 162 g/mol. The molecule has 11 heavy (non-hydrogen) atoms. The number of hydrogen-bond donors (Lipinski definition) is 2. The third-order valence-electron chi connectivity index (χ3n) is 2.65. The first kappa shape index (κ1) is 7.43. The van der Waals surface area contributed by atoms with Gasteiger partial charge in [-0.25, -0.2) is 8.78 Å². The summed E-state index contributed by atoms with van der Waals surface area (Å²) in [6.07, 6.45) is 0. The minimum absolute atomic E-state index is 0.455. The highest BCUT2D eigenvalue weighted by Crippen LogP contribution is 2.36. The van der Waals surface area contributed by atoms with E-state index in [-0.39, 0.29) is 0 Å². The number of rotatable bonds is 0. The van der Waals surface area contributed by atoms with Crippen LogP contribution in [0.4, 0.5) is 8.78 Å². The maximum absolute atomic E-state index is 13.2. The Morgan fingerprint density at radius 2 is 1.27 bits per heavy atom. The van der Waals surface area contributed by atoms with Gasteiger partial charge in [0.25, 0.3) is 5.92 Å². The van der Waals surface area contributed by atoms with Gasteiger partial charge in [-0.15, -0.1) is 0 Å². The zero-order valence-electron chi connectivity index (χ0n) is 6.24. The molecular formula is C7H12F2N2. The fourth-order valence-corrected chi connectivity index (χ4v) is 1.89. The molecule has 0 amide bonds. The zero-order chi connectivity index (χ0) is 7.90. The van der Waals surface area contributed by atoms with Gasteiger partial charge in [0.15, 0.2) is 0 Å². The second-order valence-electron chi connectivity index (χ2n) is 3.38. The van der Waals surface area contributed by atoms with Gasteiger partial charge >= 0.3 is 0 Å². The molecule has 2 nitrogen and oxygen atoms in total. The van der Waals surface area contributed by atoms with E-state index >= 15 is 0 Å². The molecule has 0 radical (unpaired) electrons. The number of halogens is 2. The second-order valence-corrected chi connectivity index (χ2v) is 3.38. The molecule has 4 heteroatoms. The van der Waals surface area contributed by atoms with Crippen molar-refractivity contribution < 1.29 is 8.78 Å². The Hall–Kier alpha value is -0.220. The van der Waals surface area contributed by atoms with Gasteiger partial charge in [0.05, 0.1) is 0 Å². The van der Waals surface area contributed by atoms with Crippen molar-refractivity contribution in [3.8, 4) is 0 Å². The van der Waals surface area contributed by atoms with Gasteiger partial charge in [-0.05, 0) is 0 Å². The maximum atomic E-state index is 13.2. The summed E-state index contributed by atoms with van der Waals surface area (Å²) in [5.41, 5.74) is 0. The van der Waals surface area contributed by atoms with Crippen molar-refractivity contribution in [3.63, 3.8) is 0 Å². The lowest BCUT2D eigenvalue weighted by Crippen LogP contribution is -2.61. The SMILES string of the molecule is FC1(F)C2CNCC1CNC2. The van der Waals surface area contributed by atoms with Crippen molar-refractivity contribution in [3.05, 3.63) is 0 Å². The number of fused-ring (bicyclic) bond motifs is 2. The molecule has 2 aliphatic heterocycles. The summed E-state index contributed by atoms with van der Waals surface area (Å²) in [5.74, 6) is -3.42. The molecule has 2 heterocycles. The maximum Gasteiger partial charge on any atom is 0.258 e. The Balaban J connectivity index is 2.17. The van der Waals surface area contributed by atoms with E-state index < -0.39 is 17.8 Å². The molecule has 2 aliphatic rings. The van der Waals surface area contributed by atoms with Gasteiger partial charge < -0.3 is 10.6 Å². The van der Waals surface area contributed by atoms with Crippen LogP contribution in [-0.2, 0) is 0 Å². The van der Waals surface area contributed by atoms with Crippen LogP contribution in [0.2, 0.25) is 0 Å². The van der Waals surface area contributed by atoms with Crippen LogP contribution in [0.1, 0.15) is 0 Å². The molecule has 2 bridgehead atoms. The molecule has 2 saturated heterocycles. The highest BCUT2D eigenvalue weighted by Gasteiger charge is 2.51. The van der Waals surface area contributed by atoms with Crippen LogP contribution >= 0.6 is 0 Å². The van der Waals surface area contributed by atoms with Crippen molar-refractivity contribution in [2.45, 2.75) is 5.92 Å². The standard InChI is InChI=1S/C7H12F2N2/c8-7(9)5-1-10-3-6(7)4-11-2-5/h5-6,10-11H,1-4H2. The second kappa shape index (κ2) is 2.38. The fraction of sp³-hybridized carbons (Fsp3) is 1.00. The summed E-state index contributed by atoms with van der Waals surface area (Å²) in [7, 11) is 0. The number of alkyl halides is 2. The predicted molar refractivity (Wildman–Crippen MR) is 37.7 cm³/mol. The Bertz CT molecular complexity index is 137. The molecule has 0 aromatic carbocycles. The summed E-state index contributed by atoms with van der Waals surface area (Å²) >= 11 is 0. The summed E-state index contributed by atoms with van der Waals surface area (Å²) in [4.78, 5) is 0. The van der Waals surface area contributed by atoms with Crippen molar-refractivity contribution in [1.82, 2.24) is 10.6 Å². The van der Waals surface area contributed by atoms with Crippen LogP contribution in [-0.4, -0.2) is 32.1 Å². The van der Waals surface area contributed by atoms with Crippen LogP contribution in [0, 0.1) is 11.8 Å². The molecule has 64 valence electrons. The first-order chi connectivity index (χ1) is 5.21. The van der Waals surface area contributed by atoms with E-state index in [1.54, 1.807) is 0 Å². The predicted octanol–water partition coefficient (Wildman–Crippen LogP) is 0.0605. The number of piperidine rings is 2. The molecular weight excluding hydrogens is 150 g/mol. The van der Waals surface area contributed by atoms with Gasteiger partial charge in [0, 0.05) is 38.0 Å². The van der Waals surface area contributed by atoms with Crippen molar-refractivity contribution in [1.29, 1.82) is 0 Å². The molecule has 0 spiro atoms. The quantitative estimate of drug-likeness (QED) is 0.526. The van der Waals surface area contributed by atoms with Gasteiger partial charge in [0.2, 0.25) is 0 Å². The Morgan fingerprint density at radius 3 is 1.55 bits per heavy atom. The Labute approximate surface area is 64.3 Å². The van der Waals surface area contributed by atoms with E-state index in [2.05, 4.69) is 10.6 Å². The van der Waals surface area contributed by atoms with Gasteiger partial charge in [-0.3, -0.25) is 0 Å². The van der Waals surface area contributed by atoms with E-state index in [1.165, 1.54) is 0 Å². The number of nitrogens with one attached hydrogen (secondary N) is 2. The average Bonchev–Trinajstić information content (AvgIpc) is 1.82. The highest BCUT2D eigenvalue weighted by atomic mass is 19.3. The largest absolute Gasteiger partial charge is 0.316 e. The molecule has 0 unspecified atom stereocenters. The molecule has 2 fully saturated rings. The molecule has 2 N–H and O–H groups in total. The van der Waals surface area contributed by atoms with Crippen LogP contribution in [0.15, 0.2) is 0 Å². The zero-order valence-corrected chi connectivity index (χ0v) is 6.24. The summed E-state index contributed by atoms with van der Waals surface area (Å²) < 4.78 is 26.5. The fourth-order valence-electron chi connectivity index (χ4n) is 1.89. The van der Waals surface area contributed by atoms with Crippen LogP contribution < -0.4 is 10.6 Å². The van der Waals surface area contributed by atoms with Crippen molar-refractivity contribution in [2.24, 2.45) is 11.8 Å². The van der Waals surface area contributed by atoms with E-state index in [0.29, 0.717) is 26.2 Å². The number of hydrogen-bond acceptors (Lipinski definition) is 2. The molecule has 0 aromatic heterocycles. The minimum Gasteiger partial charge on any atom is -0.316 e. The lowest BCUT2D eigenvalue weighted by Gasteiger charge is -2.42. The molecule has 2 rings (SSSR count). The van der Waals surface area contributed by atoms with Gasteiger partial charge in [0.1, 0.15) is 0 Å². The minimum atomic E-state index is -2.43. The van der Waals surface area contributed by atoms with Crippen LogP contribution in [0.3, 0.4) is 0 Å². The summed E-state index contributed by atoms with van der Waals surface area (Å²) in [6, 6.07) is 0. The molecule has 0 saturated carbocycles. The smallest absolute Gasteiger partial charge is 0.258 e. The van der Waals surface area contributed by atoms with Gasteiger partial charge in [-0.1, -0.05) is 0 Å². The normalized spacial score (nSPS) is 42.0. The first-order valence-corrected chi connectivity index (χ1v) is 4.00. The summed E-state index contributed by atoms with van der Waals surface area (Å²) in [6.45, 7) is 1.82. The highest BCUT2D eigenvalue weighted by molar-refractivity contribution is 4.96. The molecule has 0 aromatic rings. The Kier molecular flexibility index (Phi) is 1.61. The van der Waals surface area contributed by atoms with E-state index in [4.69, 9.17) is 0 Å². The topological polar surface area (TPSA) is 24.1 Å². The van der Waals surface area contributed by atoms with Crippen molar-refractivity contribution >= 4 is 0 Å². The lowest BCUT2D eigenvalue weighted by atomic mass is 9.83. The average molecular weight is 162 g/mol. The third-order valence-corrected chi connectivity index (χ3v) is 2.65. The van der Waals surface area contributed by atoms with Crippen LogP contribution in [0.25, 0.3) is 0 Å². The van der Waals surface area contributed by atoms with E-state index in [1.807, 2.05) is 0 Å². The third kappa shape index (κ3) is 1.05. The van der Waals surface area contributed by atoms with Gasteiger partial charge in [-0.2, -0.15) is 0 Å². The van der Waals surface area contributed by atoms with E-state index in [0.717, 1.165) is 0 Å². The van der Waals surface area contributed by atoms with E-state index in [9.17, 15) is 8.78 Å². The molecule has 0 atom stereocenters. The Morgan fingerprint density at radius 1 is 0.909 bits per heavy atom. The summed E-state index contributed by atoms with van der Waals surface area (Å²) in [5, 5.41) is 6.04.